The third-order valence-electron chi connectivity index (χ3n) is 0.0861. The standard InChI is InChI=1S/H3NOS3/c1-2-5(3)4/h5H,1H2. The highest BCUT2D eigenvalue weighted by Crippen LogP contribution is 1.51. The van der Waals surface area contributed by atoms with Crippen molar-refractivity contribution in [2.45, 2.75) is 0 Å². The highest BCUT2D eigenvalue weighted by atomic mass is 33.1. The Kier molecular flexibility index (Phi) is 3.34. The third kappa shape index (κ3) is 4.71. The molecule has 0 fully saturated rings. The molecular formula is H3NOS3. The first kappa shape index (κ1) is 5.71. The van der Waals surface area contributed by atoms with Crippen LogP contribution in [-0.2, 0) is 35.0 Å². The normalized spacial score (nSPS) is 9.20. The smallest absolute Gasteiger partial charge is 0.0273 e. The summed E-state index contributed by atoms with van der Waals surface area (Å²) in [5.41, 5.74) is 0. The van der Waals surface area contributed by atoms with E-state index in [1.54, 1.807) is 0 Å². The summed E-state index contributed by atoms with van der Waals surface area (Å²) in [5, 5.41) is 0. The molecule has 0 amide bonds. The highest BCUT2D eigenvalue weighted by Gasteiger charge is 1.53. The summed E-state index contributed by atoms with van der Waals surface area (Å²) in [6, 6.07) is 0. The van der Waals surface area contributed by atoms with E-state index in [-0.39, 0.29) is 0 Å². The van der Waals surface area contributed by atoms with Crippen LogP contribution in [0.25, 0.3) is 0 Å². The Bertz CT molecular complexity index is 65.0. The molecule has 0 saturated carbocycles. The van der Waals surface area contributed by atoms with Crippen LogP contribution in [0, 0.1) is 0 Å². The molecule has 0 bridgehead atoms. The molecule has 2 nitrogen and oxygen atoms in total. The topological polar surface area (TPSA) is 35.2 Å². The molecule has 5 heavy (non-hydrogen) atoms. The quantitative estimate of drug-likeness (QED) is 0.354. The Morgan fingerprint density at radius 1 is 1.60 bits per heavy atom. The van der Waals surface area contributed by atoms with E-state index >= 15 is 0 Å². The van der Waals surface area contributed by atoms with Crippen molar-refractivity contribution in [3.63, 3.8) is 0 Å². The van der Waals surface area contributed by atoms with Crippen LogP contribution in [0.2, 0.25) is 0 Å². The number of hydrogen-bond donors (Lipinski definition) is 2. The Balaban J connectivity index is 3.23. The molecule has 0 heterocycles. The van der Waals surface area contributed by atoms with Gasteiger partial charge in [-0.2, -0.15) is 0 Å². The summed E-state index contributed by atoms with van der Waals surface area (Å²) in [4.78, 5) is 0. The maximum Gasteiger partial charge on any atom is 0.0273 e. The van der Waals surface area contributed by atoms with Crippen LogP contribution >= 0.6 is 0 Å². The molecule has 0 aliphatic carbocycles. The van der Waals surface area contributed by atoms with Crippen LogP contribution in [0.4, 0.5) is 0 Å². The zero-order valence-electron chi connectivity index (χ0n) is 2.25. The first-order chi connectivity index (χ1) is 2.27. The molecule has 0 saturated heterocycles. The maximum absolute atomic E-state index is 4.49. The van der Waals surface area contributed by atoms with Crippen LogP contribution in [0.1, 0.15) is 0 Å². The summed E-state index contributed by atoms with van der Waals surface area (Å²) in [6.07, 6.45) is 0. The fraction of sp³-hybridized carbons (Fsp3) is 0. The molecular weight excluding hydrogens is 126 g/mol. The van der Waals surface area contributed by atoms with Crippen molar-refractivity contribution in [1.82, 2.24) is 0 Å². The first-order valence-corrected chi connectivity index (χ1v) is 4.07. The van der Waals surface area contributed by atoms with E-state index in [0.717, 1.165) is 0 Å². The van der Waals surface area contributed by atoms with Crippen molar-refractivity contribution in [2.75, 3.05) is 0 Å². The lowest BCUT2D eigenvalue weighted by atomic mass is 13.6. The third-order valence-corrected chi connectivity index (χ3v) is 0.775. The van der Waals surface area contributed by atoms with Gasteiger partial charge in [0, 0.05) is 8.29 Å². The molecule has 0 aromatic heterocycles. The van der Waals surface area contributed by atoms with Gasteiger partial charge in [0.15, 0.2) is 0 Å². The summed E-state index contributed by atoms with van der Waals surface area (Å²) < 4.78 is 3.94. The molecule has 32 valence electrons. The predicted octanol–water partition coefficient (Wildman–Crippen LogP) is -0.934. The van der Waals surface area contributed by atoms with Crippen molar-refractivity contribution >= 4 is 30.7 Å². The lowest BCUT2D eigenvalue weighted by Gasteiger charge is -1.73. The highest BCUT2D eigenvalue weighted by molar-refractivity contribution is 8.44. The van der Waals surface area contributed by atoms with Crippen LogP contribution in [0.3, 0.4) is 0 Å². The largest absolute Gasteiger partial charge is 0.232 e. The van der Waals surface area contributed by atoms with Gasteiger partial charge in [-0.25, -0.2) is 10.2 Å². The van der Waals surface area contributed by atoms with E-state index in [9.17, 15) is 0 Å². The van der Waals surface area contributed by atoms with Gasteiger partial charge in [0.25, 0.3) is 0 Å². The Labute approximate surface area is 41.3 Å². The van der Waals surface area contributed by atoms with E-state index < -0.39 is 8.29 Å². The number of rotatable bonds is 1. The lowest BCUT2D eigenvalue weighted by Crippen LogP contribution is -1.91. The van der Waals surface area contributed by atoms with Gasteiger partial charge in [-0.3, -0.25) is 0 Å². The second-order valence-electron chi connectivity index (χ2n) is 0.329. The van der Waals surface area contributed by atoms with Crippen LogP contribution in [0.5, 0.6) is 0 Å². The van der Waals surface area contributed by atoms with Crippen molar-refractivity contribution in [2.24, 2.45) is 5.90 Å². The van der Waals surface area contributed by atoms with Gasteiger partial charge >= 0.3 is 0 Å². The molecule has 0 aliphatic heterocycles. The van der Waals surface area contributed by atoms with Crippen LogP contribution < -0.4 is 5.90 Å². The maximum atomic E-state index is 4.49. The Morgan fingerprint density at radius 2 is 1.80 bits per heavy atom. The molecule has 0 atom stereocenters. The van der Waals surface area contributed by atoms with E-state index in [1.165, 1.54) is 0 Å². The van der Waals surface area contributed by atoms with Crippen LogP contribution in [0.15, 0.2) is 0 Å². The molecule has 0 rings (SSSR count). The molecule has 2 N–H and O–H groups in total. The van der Waals surface area contributed by atoms with Gasteiger partial charge in [-0.15, -0.1) is 0 Å². The van der Waals surface area contributed by atoms with Gasteiger partial charge in [0.2, 0.25) is 0 Å². The summed E-state index contributed by atoms with van der Waals surface area (Å²) in [6.45, 7) is 0. The minimum absolute atomic E-state index is 1.15. The van der Waals surface area contributed by atoms with Crippen molar-refractivity contribution < 1.29 is 4.28 Å². The number of hydrogen-bond acceptors (Lipinski definition) is 4. The van der Waals surface area contributed by atoms with Crippen molar-refractivity contribution in [1.29, 1.82) is 0 Å². The fourth-order valence-electron chi connectivity index (χ4n) is 0. The van der Waals surface area contributed by atoms with Crippen molar-refractivity contribution in [3.8, 4) is 0 Å². The Hall–Kier alpha value is 0.710. The zero-order valence-corrected chi connectivity index (χ0v) is 4.78. The van der Waals surface area contributed by atoms with Gasteiger partial charge in [0.05, 0.1) is 0 Å². The molecule has 0 unspecified atom stereocenters. The van der Waals surface area contributed by atoms with E-state index in [2.05, 4.69) is 32.6 Å². The van der Waals surface area contributed by atoms with E-state index in [0.29, 0.717) is 0 Å². The molecule has 0 aliphatic rings. The van der Waals surface area contributed by atoms with Gasteiger partial charge in [0.1, 0.15) is 0 Å². The average Bonchev–Trinajstić information content (AvgIpc) is 1.38. The minimum Gasteiger partial charge on any atom is -0.232 e. The second kappa shape index (κ2) is 2.92. The van der Waals surface area contributed by atoms with E-state index in [1.807, 2.05) is 0 Å². The minimum atomic E-state index is -1.15. The first-order valence-electron chi connectivity index (χ1n) is 0.783. The summed E-state index contributed by atoms with van der Waals surface area (Å²) >= 11 is 8.62. The second-order valence-corrected chi connectivity index (χ2v) is 3.67. The number of thiol groups is 1. The predicted molar refractivity (Wildman–Crippen MR) is 28.8 cm³/mol. The van der Waals surface area contributed by atoms with Gasteiger partial charge in [-0.1, -0.05) is 0 Å². The van der Waals surface area contributed by atoms with Crippen molar-refractivity contribution in [3.05, 3.63) is 0 Å². The van der Waals surface area contributed by atoms with Gasteiger partial charge < -0.3 is 0 Å². The molecule has 5 heteroatoms. The molecule has 0 aromatic carbocycles. The average molecular weight is 129 g/mol. The summed E-state index contributed by atoms with van der Waals surface area (Å²) in [7, 11) is -1.15. The zero-order chi connectivity index (χ0) is 4.28. The van der Waals surface area contributed by atoms with Crippen LogP contribution in [-0.4, -0.2) is 0 Å². The monoisotopic (exact) mass is 129 g/mol. The molecule has 0 radical (unpaired) electrons. The SMILES string of the molecule is NO[SH](=S)=S. The number of nitrogens with two attached hydrogens (primary N) is 1. The van der Waals surface area contributed by atoms with E-state index in [4.69, 9.17) is 0 Å². The fourth-order valence-corrected chi connectivity index (χ4v) is 0. The van der Waals surface area contributed by atoms with Gasteiger partial charge in [-0.05, 0) is 22.4 Å². The molecule has 0 aromatic rings. The Morgan fingerprint density at radius 3 is 1.80 bits per heavy atom. The summed E-state index contributed by atoms with van der Waals surface area (Å²) in [5.74, 6) is 4.49. The molecule has 0 spiro atoms. The lowest BCUT2D eigenvalue weighted by molar-refractivity contribution is 0.401.